The monoisotopic (exact) mass is 897 g/mol. The Hall–Kier alpha value is -8.09. The second-order valence-corrected chi connectivity index (χ2v) is 20.7. The Morgan fingerprint density at radius 1 is 0.435 bits per heavy atom. The van der Waals surface area contributed by atoms with Gasteiger partial charge in [-0.15, -0.1) is 0 Å². The van der Waals surface area contributed by atoms with Gasteiger partial charge >= 0.3 is 0 Å². The van der Waals surface area contributed by atoms with Crippen LogP contribution < -0.4 is 14.5 Å². The van der Waals surface area contributed by atoms with Gasteiger partial charge in [0.1, 0.15) is 24.0 Å². The molecule has 0 fully saturated rings. The molecule has 12 rings (SSSR count). The summed E-state index contributed by atoms with van der Waals surface area (Å²) in [7, 11) is 0. The Labute approximate surface area is 404 Å². The van der Waals surface area contributed by atoms with Gasteiger partial charge in [0.15, 0.2) is 0 Å². The first-order chi connectivity index (χ1) is 33.4. The molecule has 0 atom stereocenters. The van der Waals surface area contributed by atoms with Gasteiger partial charge in [0.2, 0.25) is 0 Å². The van der Waals surface area contributed by atoms with Crippen LogP contribution in [0.2, 0.25) is 0 Å². The summed E-state index contributed by atoms with van der Waals surface area (Å²) in [5.74, 6) is 2.40. The molecule has 0 bridgehead atoms. The number of aromatic nitrogens is 3. The predicted octanol–water partition coefficient (Wildman–Crippen LogP) is 16.9. The molecule has 0 saturated heterocycles. The average Bonchev–Trinajstić information content (AvgIpc) is 4.02. The maximum absolute atomic E-state index is 6.80. The van der Waals surface area contributed by atoms with Crippen molar-refractivity contribution in [3.8, 4) is 34.1 Å². The van der Waals surface area contributed by atoms with E-state index in [-0.39, 0.29) is 10.8 Å². The highest BCUT2D eigenvalue weighted by Crippen LogP contribution is 2.47. The first kappa shape index (κ1) is 42.3. The molecule has 338 valence electrons. The standard InChI is InChI=1S/C63H55N5O/c1-41-32-61(64-39-54(41)42-18-16-20-46(33-42)67-55-25-11-8-22-50(55)51-23-9-12-26-56(51)67)68-57-27-13-10-24-52(57)53-31-30-49(38-60(53)68)69-48-21-17-19-45(37-48)65-40-66(59-29-15-14-28-58(59)65)47-35-43(62(2,3)4)34-44(36-47)63(5,6)7/h8-39H,40H2,1-7H3. The van der Waals surface area contributed by atoms with Gasteiger partial charge in [-0.25, -0.2) is 4.98 Å². The second-order valence-electron chi connectivity index (χ2n) is 20.7. The molecule has 0 aliphatic carbocycles. The van der Waals surface area contributed by atoms with Crippen molar-refractivity contribution in [3.63, 3.8) is 0 Å². The Morgan fingerprint density at radius 2 is 0.971 bits per heavy atom. The molecule has 3 aromatic heterocycles. The molecule has 6 nitrogen and oxygen atoms in total. The number of hydrogen-bond acceptors (Lipinski definition) is 4. The third-order valence-electron chi connectivity index (χ3n) is 14.0. The van der Waals surface area contributed by atoms with E-state index < -0.39 is 0 Å². The van der Waals surface area contributed by atoms with E-state index in [2.05, 4.69) is 249 Å². The van der Waals surface area contributed by atoms with E-state index >= 15 is 0 Å². The lowest BCUT2D eigenvalue weighted by Crippen LogP contribution is -2.25. The fraction of sp³-hybridized carbons (Fsp3) is 0.159. The SMILES string of the molecule is Cc1cc(-n2c3ccccc3c3ccc(Oc4cccc(N5CN(c6cc(C(C)(C)C)cc(C(C)(C)C)c6)c6ccccc65)c4)cc32)ncc1-c1cccc(-n2c3ccccc3c3ccccc32)c1. The van der Waals surface area contributed by atoms with Crippen LogP contribution in [0.5, 0.6) is 11.5 Å². The molecule has 1 aliphatic heterocycles. The average molecular weight is 898 g/mol. The topological polar surface area (TPSA) is 38.5 Å². The Morgan fingerprint density at radius 3 is 1.59 bits per heavy atom. The third kappa shape index (κ3) is 7.30. The zero-order valence-electron chi connectivity index (χ0n) is 40.3. The van der Waals surface area contributed by atoms with Gasteiger partial charge in [0.25, 0.3) is 0 Å². The van der Waals surface area contributed by atoms with Crippen LogP contribution in [0, 0.1) is 6.92 Å². The number of anilines is 4. The quantitative estimate of drug-likeness (QED) is 0.160. The summed E-state index contributed by atoms with van der Waals surface area (Å²) in [5.41, 5.74) is 16.4. The molecule has 8 aromatic carbocycles. The molecule has 0 saturated carbocycles. The minimum Gasteiger partial charge on any atom is -0.457 e. The highest BCUT2D eigenvalue weighted by molar-refractivity contribution is 6.10. The summed E-state index contributed by atoms with van der Waals surface area (Å²) < 4.78 is 11.4. The maximum atomic E-state index is 6.80. The summed E-state index contributed by atoms with van der Waals surface area (Å²) >= 11 is 0. The minimum atomic E-state index is 0.0158. The molecule has 6 heteroatoms. The first-order valence-electron chi connectivity index (χ1n) is 24.0. The van der Waals surface area contributed by atoms with E-state index in [0.29, 0.717) is 6.67 Å². The number of ether oxygens (including phenoxy) is 1. The van der Waals surface area contributed by atoms with Crippen molar-refractivity contribution in [2.24, 2.45) is 0 Å². The molecule has 0 spiro atoms. The van der Waals surface area contributed by atoms with Crippen LogP contribution in [0.15, 0.2) is 194 Å². The number of fused-ring (bicyclic) bond motifs is 7. The molecule has 0 N–H and O–H groups in total. The zero-order valence-corrected chi connectivity index (χ0v) is 40.3. The molecule has 0 amide bonds. The van der Waals surface area contributed by atoms with E-state index in [4.69, 9.17) is 9.72 Å². The molecular weight excluding hydrogens is 843 g/mol. The van der Waals surface area contributed by atoms with Crippen LogP contribution in [-0.4, -0.2) is 20.8 Å². The number of aryl methyl sites for hydroxylation is 1. The second kappa shape index (κ2) is 16.0. The zero-order chi connectivity index (χ0) is 47.2. The summed E-state index contributed by atoms with van der Waals surface area (Å²) in [6, 6.07) is 67.7. The molecular formula is C63H55N5O. The lowest BCUT2D eigenvalue weighted by Gasteiger charge is -2.29. The highest BCUT2D eigenvalue weighted by Gasteiger charge is 2.30. The fourth-order valence-corrected chi connectivity index (χ4v) is 10.4. The van der Waals surface area contributed by atoms with Crippen LogP contribution in [0.25, 0.3) is 66.2 Å². The molecule has 0 radical (unpaired) electrons. The molecule has 4 heterocycles. The number of benzene rings is 8. The molecule has 0 unspecified atom stereocenters. The smallest absolute Gasteiger partial charge is 0.137 e. The van der Waals surface area contributed by atoms with Gasteiger partial charge in [0, 0.05) is 62.5 Å². The predicted molar refractivity (Wildman–Crippen MR) is 289 cm³/mol. The molecule has 11 aromatic rings. The van der Waals surface area contributed by atoms with Crippen molar-refractivity contribution < 1.29 is 4.74 Å². The lowest BCUT2D eigenvalue weighted by atomic mass is 9.80. The van der Waals surface area contributed by atoms with E-state index in [9.17, 15) is 0 Å². The van der Waals surface area contributed by atoms with Crippen molar-refractivity contribution in [2.75, 3.05) is 16.5 Å². The van der Waals surface area contributed by atoms with E-state index in [1.165, 1.54) is 55.4 Å². The third-order valence-corrected chi connectivity index (χ3v) is 14.0. The van der Waals surface area contributed by atoms with Crippen LogP contribution in [-0.2, 0) is 10.8 Å². The summed E-state index contributed by atoms with van der Waals surface area (Å²) in [6.45, 7) is 16.7. The summed E-state index contributed by atoms with van der Waals surface area (Å²) in [5, 5.41) is 4.82. The van der Waals surface area contributed by atoms with Crippen molar-refractivity contribution in [3.05, 3.63) is 211 Å². The van der Waals surface area contributed by atoms with Gasteiger partial charge in [-0.05, 0) is 125 Å². The van der Waals surface area contributed by atoms with Gasteiger partial charge in [-0.2, -0.15) is 0 Å². The Balaban J connectivity index is 0.874. The van der Waals surface area contributed by atoms with E-state index in [1.807, 2.05) is 12.3 Å². The van der Waals surface area contributed by atoms with Gasteiger partial charge in [0.05, 0.1) is 33.4 Å². The van der Waals surface area contributed by atoms with Gasteiger partial charge in [-0.1, -0.05) is 133 Å². The largest absolute Gasteiger partial charge is 0.457 e. The van der Waals surface area contributed by atoms with Crippen LogP contribution in [0.4, 0.5) is 22.7 Å². The first-order valence-corrected chi connectivity index (χ1v) is 24.0. The molecule has 1 aliphatic rings. The number of hydrogen-bond donors (Lipinski definition) is 0. The number of para-hydroxylation sites is 5. The lowest BCUT2D eigenvalue weighted by molar-refractivity contribution is 0.483. The number of rotatable bonds is 7. The number of nitrogens with zero attached hydrogens (tertiary/aromatic N) is 5. The normalized spacial score (nSPS) is 13.0. The minimum absolute atomic E-state index is 0.0158. The Bertz CT molecular complexity index is 3720. The molecule has 69 heavy (non-hydrogen) atoms. The van der Waals surface area contributed by atoms with Crippen molar-refractivity contribution in [1.82, 2.24) is 14.1 Å². The van der Waals surface area contributed by atoms with Gasteiger partial charge < -0.3 is 19.1 Å². The maximum Gasteiger partial charge on any atom is 0.137 e. The van der Waals surface area contributed by atoms with Crippen LogP contribution in [0.1, 0.15) is 58.2 Å². The van der Waals surface area contributed by atoms with Crippen molar-refractivity contribution in [1.29, 1.82) is 0 Å². The van der Waals surface area contributed by atoms with E-state index in [1.54, 1.807) is 0 Å². The van der Waals surface area contributed by atoms with Crippen LogP contribution in [0.3, 0.4) is 0 Å². The Kier molecular flexibility index (Phi) is 9.82. The summed E-state index contributed by atoms with van der Waals surface area (Å²) in [4.78, 5) is 10.0. The fourth-order valence-electron chi connectivity index (χ4n) is 10.4. The van der Waals surface area contributed by atoms with Gasteiger partial charge in [-0.3, -0.25) is 4.57 Å². The van der Waals surface area contributed by atoms with E-state index in [0.717, 1.165) is 61.8 Å². The highest BCUT2D eigenvalue weighted by atomic mass is 16.5. The van der Waals surface area contributed by atoms with Crippen LogP contribution >= 0.6 is 0 Å². The van der Waals surface area contributed by atoms with Crippen molar-refractivity contribution in [2.45, 2.75) is 59.3 Å². The van der Waals surface area contributed by atoms with Crippen molar-refractivity contribution >= 4 is 66.4 Å². The number of pyridine rings is 1. The summed E-state index contributed by atoms with van der Waals surface area (Å²) in [6.07, 6.45) is 2.03.